The normalized spacial score (nSPS) is 10.8. The van der Waals surface area contributed by atoms with Gasteiger partial charge in [0.1, 0.15) is 5.82 Å². The molecule has 0 radical (unpaired) electrons. The summed E-state index contributed by atoms with van der Waals surface area (Å²) >= 11 is 0. The van der Waals surface area contributed by atoms with Crippen LogP contribution in [0.5, 0.6) is 0 Å². The monoisotopic (exact) mass is 230 g/mol. The Morgan fingerprint density at radius 3 is 2.88 bits per heavy atom. The number of hydrogen-bond acceptors (Lipinski definition) is 3. The molecule has 0 atom stereocenters. The van der Waals surface area contributed by atoms with Crippen molar-refractivity contribution in [2.75, 3.05) is 6.54 Å². The maximum Gasteiger partial charge on any atom is 0.152 e. The molecule has 1 aromatic carbocycles. The van der Waals surface area contributed by atoms with Gasteiger partial charge in [0, 0.05) is 19.9 Å². The lowest BCUT2D eigenvalue weighted by Gasteiger charge is -2.01. The van der Waals surface area contributed by atoms with Crippen LogP contribution in [0.2, 0.25) is 0 Å². The summed E-state index contributed by atoms with van der Waals surface area (Å²) in [6, 6.07) is 8.46. The zero-order valence-electron chi connectivity index (χ0n) is 10.3. The molecule has 0 aliphatic rings. The minimum absolute atomic E-state index is 0.591. The van der Waals surface area contributed by atoms with E-state index in [2.05, 4.69) is 41.3 Å². The molecule has 1 heterocycles. The topological polar surface area (TPSA) is 56.7 Å². The van der Waals surface area contributed by atoms with Gasteiger partial charge in [-0.15, -0.1) is 0 Å². The summed E-state index contributed by atoms with van der Waals surface area (Å²) < 4.78 is 1.84. The highest BCUT2D eigenvalue weighted by molar-refractivity contribution is 5.24. The van der Waals surface area contributed by atoms with Crippen LogP contribution in [-0.4, -0.2) is 21.3 Å². The third kappa shape index (κ3) is 2.91. The Labute approximate surface area is 101 Å². The predicted molar refractivity (Wildman–Crippen MR) is 67.7 cm³/mol. The van der Waals surface area contributed by atoms with Crippen molar-refractivity contribution in [3.63, 3.8) is 0 Å². The van der Waals surface area contributed by atoms with Crippen molar-refractivity contribution in [2.45, 2.75) is 19.8 Å². The lowest BCUT2D eigenvalue weighted by molar-refractivity contribution is 0.704. The molecule has 0 saturated heterocycles. The second-order valence-corrected chi connectivity index (χ2v) is 4.27. The average Bonchev–Trinajstić information content (AvgIpc) is 2.60. The van der Waals surface area contributed by atoms with Gasteiger partial charge in [0.15, 0.2) is 5.82 Å². The summed E-state index contributed by atoms with van der Waals surface area (Å²) in [5.41, 5.74) is 8.04. The van der Waals surface area contributed by atoms with Crippen molar-refractivity contribution >= 4 is 0 Å². The lowest BCUT2D eigenvalue weighted by Crippen LogP contribution is -2.04. The smallest absolute Gasteiger partial charge is 0.152 e. The number of aryl methyl sites for hydroxylation is 2. The molecule has 90 valence electrons. The Hall–Kier alpha value is -1.68. The van der Waals surface area contributed by atoms with E-state index < -0.39 is 0 Å². The third-order valence-electron chi connectivity index (χ3n) is 2.71. The molecule has 2 aromatic rings. The Morgan fingerprint density at radius 1 is 1.35 bits per heavy atom. The highest BCUT2D eigenvalue weighted by Gasteiger charge is 2.07. The van der Waals surface area contributed by atoms with Crippen LogP contribution < -0.4 is 5.73 Å². The highest BCUT2D eigenvalue weighted by Crippen LogP contribution is 2.09. The number of aromatic nitrogens is 3. The van der Waals surface area contributed by atoms with Crippen LogP contribution in [0.1, 0.15) is 22.8 Å². The van der Waals surface area contributed by atoms with Gasteiger partial charge in [0.05, 0.1) is 0 Å². The zero-order valence-corrected chi connectivity index (χ0v) is 10.3. The van der Waals surface area contributed by atoms with Gasteiger partial charge in [-0.05, 0) is 19.0 Å². The molecule has 1 aromatic heterocycles. The van der Waals surface area contributed by atoms with Crippen LogP contribution in [0, 0.1) is 6.92 Å². The molecule has 0 aliphatic carbocycles. The van der Waals surface area contributed by atoms with Crippen molar-refractivity contribution < 1.29 is 0 Å². The maximum absolute atomic E-state index is 5.50. The Kier molecular flexibility index (Phi) is 3.54. The van der Waals surface area contributed by atoms with E-state index in [9.17, 15) is 0 Å². The first-order chi connectivity index (χ1) is 8.19. The van der Waals surface area contributed by atoms with Gasteiger partial charge in [0.2, 0.25) is 0 Å². The van der Waals surface area contributed by atoms with E-state index in [-0.39, 0.29) is 0 Å². The largest absolute Gasteiger partial charge is 0.330 e. The van der Waals surface area contributed by atoms with Crippen LogP contribution >= 0.6 is 0 Å². The van der Waals surface area contributed by atoms with Crippen molar-refractivity contribution in [1.82, 2.24) is 14.8 Å². The van der Waals surface area contributed by atoms with Gasteiger partial charge in [-0.1, -0.05) is 29.8 Å². The van der Waals surface area contributed by atoms with Gasteiger partial charge in [0.25, 0.3) is 0 Å². The first-order valence-electron chi connectivity index (χ1n) is 5.83. The number of benzene rings is 1. The molecule has 17 heavy (non-hydrogen) atoms. The molecule has 0 aliphatic heterocycles. The van der Waals surface area contributed by atoms with E-state index in [0.29, 0.717) is 6.54 Å². The quantitative estimate of drug-likeness (QED) is 0.859. The van der Waals surface area contributed by atoms with Crippen LogP contribution in [0.15, 0.2) is 24.3 Å². The number of rotatable bonds is 4. The molecule has 0 saturated carbocycles. The van der Waals surface area contributed by atoms with Crippen LogP contribution in [-0.2, 0) is 19.9 Å². The van der Waals surface area contributed by atoms with Crippen molar-refractivity contribution in [3.05, 3.63) is 47.0 Å². The minimum atomic E-state index is 0.591. The molecule has 2 N–H and O–H groups in total. The molecule has 0 bridgehead atoms. The van der Waals surface area contributed by atoms with Crippen LogP contribution in [0.25, 0.3) is 0 Å². The van der Waals surface area contributed by atoms with E-state index in [1.54, 1.807) is 0 Å². The number of hydrogen-bond donors (Lipinski definition) is 1. The minimum Gasteiger partial charge on any atom is -0.330 e. The fourth-order valence-electron chi connectivity index (χ4n) is 1.87. The predicted octanol–water partition coefficient (Wildman–Crippen LogP) is 1.22. The SMILES string of the molecule is Cc1cccc(Cc2nc(CCN)nn2C)c1. The molecule has 4 nitrogen and oxygen atoms in total. The zero-order chi connectivity index (χ0) is 12.3. The molecular weight excluding hydrogens is 212 g/mol. The fourth-order valence-corrected chi connectivity index (χ4v) is 1.87. The first kappa shape index (κ1) is 11.8. The number of nitrogens with two attached hydrogens (primary N) is 1. The van der Waals surface area contributed by atoms with Crippen molar-refractivity contribution in [1.29, 1.82) is 0 Å². The molecule has 0 amide bonds. The van der Waals surface area contributed by atoms with Gasteiger partial charge in [-0.2, -0.15) is 5.10 Å². The standard InChI is InChI=1S/C13H18N4/c1-10-4-3-5-11(8-10)9-13-15-12(6-7-14)16-17(13)2/h3-5,8H,6-7,9,14H2,1-2H3. The maximum atomic E-state index is 5.50. The summed E-state index contributed by atoms with van der Waals surface area (Å²) in [5, 5.41) is 4.34. The van der Waals surface area contributed by atoms with Gasteiger partial charge < -0.3 is 5.73 Å². The van der Waals surface area contributed by atoms with Crippen LogP contribution in [0.3, 0.4) is 0 Å². The molecule has 0 unspecified atom stereocenters. The molecule has 4 heteroatoms. The highest BCUT2D eigenvalue weighted by atomic mass is 15.3. The van der Waals surface area contributed by atoms with E-state index in [1.807, 2.05) is 11.7 Å². The summed E-state index contributed by atoms with van der Waals surface area (Å²) in [6.45, 7) is 2.69. The number of nitrogens with zero attached hydrogens (tertiary/aromatic N) is 3. The summed E-state index contributed by atoms with van der Waals surface area (Å²) in [5.74, 6) is 1.82. The van der Waals surface area contributed by atoms with Gasteiger partial charge in [-0.3, -0.25) is 4.68 Å². The summed E-state index contributed by atoms with van der Waals surface area (Å²) in [4.78, 5) is 4.50. The fraction of sp³-hybridized carbons (Fsp3) is 0.385. The summed E-state index contributed by atoms with van der Waals surface area (Å²) in [6.07, 6.45) is 1.55. The van der Waals surface area contributed by atoms with E-state index in [0.717, 1.165) is 24.5 Å². The van der Waals surface area contributed by atoms with E-state index in [1.165, 1.54) is 11.1 Å². The molecule has 2 rings (SSSR count). The van der Waals surface area contributed by atoms with E-state index >= 15 is 0 Å². The molecular formula is C13H18N4. The van der Waals surface area contributed by atoms with E-state index in [4.69, 9.17) is 5.73 Å². The van der Waals surface area contributed by atoms with Crippen molar-refractivity contribution in [3.8, 4) is 0 Å². The first-order valence-corrected chi connectivity index (χ1v) is 5.83. The van der Waals surface area contributed by atoms with Crippen LogP contribution in [0.4, 0.5) is 0 Å². The lowest BCUT2D eigenvalue weighted by atomic mass is 10.1. The summed E-state index contributed by atoms with van der Waals surface area (Å²) in [7, 11) is 1.93. The average molecular weight is 230 g/mol. The third-order valence-corrected chi connectivity index (χ3v) is 2.71. The van der Waals surface area contributed by atoms with Gasteiger partial charge >= 0.3 is 0 Å². The van der Waals surface area contributed by atoms with Crippen molar-refractivity contribution in [2.24, 2.45) is 12.8 Å². The second-order valence-electron chi connectivity index (χ2n) is 4.27. The Bertz CT molecular complexity index is 502. The second kappa shape index (κ2) is 5.10. The van der Waals surface area contributed by atoms with Gasteiger partial charge in [-0.25, -0.2) is 4.98 Å². The molecule has 0 fully saturated rings. The Balaban J connectivity index is 2.18. The molecule has 0 spiro atoms. The Morgan fingerprint density at radius 2 is 2.18 bits per heavy atom.